The van der Waals surface area contributed by atoms with E-state index in [-0.39, 0.29) is 6.03 Å². The van der Waals surface area contributed by atoms with Crippen molar-refractivity contribution in [2.75, 3.05) is 11.9 Å². The molecule has 0 atom stereocenters. The van der Waals surface area contributed by atoms with Gasteiger partial charge in [-0.05, 0) is 20.8 Å². The van der Waals surface area contributed by atoms with E-state index < -0.39 is 0 Å². The van der Waals surface area contributed by atoms with Crippen LogP contribution in [0.3, 0.4) is 0 Å². The van der Waals surface area contributed by atoms with Gasteiger partial charge in [0.05, 0.1) is 5.69 Å². The minimum atomic E-state index is -0.198. The number of carbonyl (C=O) groups is 1. The van der Waals surface area contributed by atoms with Gasteiger partial charge in [0.1, 0.15) is 0 Å². The summed E-state index contributed by atoms with van der Waals surface area (Å²) in [6.07, 6.45) is 0. The van der Waals surface area contributed by atoms with Crippen LogP contribution in [0.4, 0.5) is 9.93 Å². The number of rotatable bonds is 2. The van der Waals surface area contributed by atoms with Crippen molar-refractivity contribution in [3.05, 3.63) is 10.6 Å². The molecule has 0 aliphatic rings. The summed E-state index contributed by atoms with van der Waals surface area (Å²) in [5, 5.41) is 5.95. The first-order valence-corrected chi connectivity index (χ1v) is 4.94. The van der Waals surface area contributed by atoms with Gasteiger partial charge in [0.25, 0.3) is 0 Å². The molecule has 4 nitrogen and oxygen atoms in total. The zero-order chi connectivity index (χ0) is 9.84. The third-order valence-corrected chi connectivity index (χ3v) is 2.57. The molecule has 2 amide bonds. The van der Waals surface area contributed by atoms with E-state index in [9.17, 15) is 4.79 Å². The highest BCUT2D eigenvalue weighted by Crippen LogP contribution is 2.20. The van der Waals surface area contributed by atoms with Crippen LogP contribution in [0.5, 0.6) is 0 Å². The Kier molecular flexibility index (Phi) is 3.25. The molecule has 1 heterocycles. The van der Waals surface area contributed by atoms with Crippen LogP contribution in [-0.4, -0.2) is 17.6 Å². The zero-order valence-corrected chi connectivity index (χ0v) is 8.79. The Morgan fingerprint density at radius 2 is 2.23 bits per heavy atom. The van der Waals surface area contributed by atoms with Crippen molar-refractivity contribution in [1.29, 1.82) is 0 Å². The van der Waals surface area contributed by atoms with Crippen molar-refractivity contribution in [2.45, 2.75) is 20.8 Å². The van der Waals surface area contributed by atoms with Crippen molar-refractivity contribution in [1.82, 2.24) is 10.3 Å². The Morgan fingerprint density at radius 1 is 1.54 bits per heavy atom. The second kappa shape index (κ2) is 4.23. The summed E-state index contributed by atoms with van der Waals surface area (Å²) in [4.78, 5) is 16.4. The normalized spacial score (nSPS) is 9.77. The number of aryl methyl sites for hydroxylation is 2. The third kappa shape index (κ3) is 2.69. The van der Waals surface area contributed by atoms with Crippen molar-refractivity contribution < 1.29 is 4.79 Å². The molecule has 0 bridgehead atoms. The lowest BCUT2D eigenvalue weighted by Crippen LogP contribution is -2.28. The molecule has 1 aromatic heterocycles. The Hall–Kier alpha value is -1.10. The highest BCUT2D eigenvalue weighted by atomic mass is 32.1. The average Bonchev–Trinajstić information content (AvgIpc) is 2.31. The van der Waals surface area contributed by atoms with E-state index in [0.717, 1.165) is 10.6 Å². The maximum Gasteiger partial charge on any atom is 0.321 e. The number of nitrogens with one attached hydrogen (secondary N) is 2. The van der Waals surface area contributed by atoms with Crippen LogP contribution in [0, 0.1) is 13.8 Å². The highest BCUT2D eigenvalue weighted by Gasteiger charge is 2.05. The van der Waals surface area contributed by atoms with Gasteiger partial charge in [-0.25, -0.2) is 9.78 Å². The SMILES string of the molecule is CCNC(=O)Nc1nc(C)c(C)s1. The van der Waals surface area contributed by atoms with E-state index in [1.54, 1.807) is 0 Å². The van der Waals surface area contributed by atoms with Crippen LogP contribution >= 0.6 is 11.3 Å². The van der Waals surface area contributed by atoms with Crippen LogP contribution in [0.2, 0.25) is 0 Å². The first-order valence-electron chi connectivity index (χ1n) is 4.12. The number of nitrogens with zero attached hydrogens (tertiary/aromatic N) is 1. The maximum absolute atomic E-state index is 11.1. The van der Waals surface area contributed by atoms with E-state index in [1.807, 2.05) is 20.8 Å². The smallest absolute Gasteiger partial charge is 0.321 e. The fourth-order valence-electron chi connectivity index (χ4n) is 0.828. The van der Waals surface area contributed by atoms with Gasteiger partial charge in [-0.2, -0.15) is 0 Å². The number of amides is 2. The van der Waals surface area contributed by atoms with Gasteiger partial charge >= 0.3 is 6.03 Å². The Balaban J connectivity index is 2.59. The molecule has 0 aromatic carbocycles. The van der Waals surface area contributed by atoms with E-state index >= 15 is 0 Å². The zero-order valence-electron chi connectivity index (χ0n) is 7.97. The third-order valence-electron chi connectivity index (χ3n) is 1.59. The van der Waals surface area contributed by atoms with Crippen LogP contribution in [-0.2, 0) is 0 Å². The molecule has 0 unspecified atom stereocenters. The number of anilines is 1. The average molecular weight is 199 g/mol. The van der Waals surface area contributed by atoms with Gasteiger partial charge in [0, 0.05) is 11.4 Å². The van der Waals surface area contributed by atoms with Crippen LogP contribution < -0.4 is 10.6 Å². The number of hydrogen-bond acceptors (Lipinski definition) is 3. The Morgan fingerprint density at radius 3 is 2.69 bits per heavy atom. The van der Waals surface area contributed by atoms with Gasteiger partial charge < -0.3 is 5.32 Å². The van der Waals surface area contributed by atoms with E-state index in [2.05, 4.69) is 15.6 Å². The number of hydrogen-bond donors (Lipinski definition) is 2. The van der Waals surface area contributed by atoms with Crippen molar-refractivity contribution >= 4 is 22.5 Å². The summed E-state index contributed by atoms with van der Waals surface area (Å²) in [6.45, 7) is 6.40. The lowest BCUT2D eigenvalue weighted by atomic mass is 10.4. The topological polar surface area (TPSA) is 54.0 Å². The summed E-state index contributed by atoms with van der Waals surface area (Å²) in [5.41, 5.74) is 0.969. The summed E-state index contributed by atoms with van der Waals surface area (Å²) < 4.78 is 0. The molecule has 5 heteroatoms. The second-order valence-corrected chi connectivity index (χ2v) is 3.85. The minimum absolute atomic E-state index is 0.198. The van der Waals surface area contributed by atoms with Crippen molar-refractivity contribution in [3.8, 4) is 0 Å². The molecular weight excluding hydrogens is 186 g/mol. The largest absolute Gasteiger partial charge is 0.338 e. The van der Waals surface area contributed by atoms with Gasteiger partial charge in [-0.1, -0.05) is 0 Å². The number of urea groups is 1. The van der Waals surface area contributed by atoms with Crippen molar-refractivity contribution in [3.63, 3.8) is 0 Å². The van der Waals surface area contributed by atoms with Gasteiger partial charge in [0.15, 0.2) is 5.13 Å². The maximum atomic E-state index is 11.1. The van der Waals surface area contributed by atoms with Gasteiger partial charge in [0.2, 0.25) is 0 Å². The predicted molar refractivity (Wildman–Crippen MR) is 54.3 cm³/mol. The number of carbonyl (C=O) groups excluding carboxylic acids is 1. The summed E-state index contributed by atoms with van der Waals surface area (Å²) >= 11 is 1.49. The van der Waals surface area contributed by atoms with Crippen molar-refractivity contribution in [2.24, 2.45) is 0 Å². The quantitative estimate of drug-likeness (QED) is 0.764. The molecule has 13 heavy (non-hydrogen) atoms. The monoisotopic (exact) mass is 199 g/mol. The van der Waals surface area contributed by atoms with E-state index in [4.69, 9.17) is 0 Å². The number of aromatic nitrogens is 1. The molecular formula is C8H13N3OS. The Bertz CT molecular complexity index is 289. The molecule has 0 saturated carbocycles. The van der Waals surface area contributed by atoms with Crippen LogP contribution in [0.25, 0.3) is 0 Å². The summed E-state index contributed by atoms with van der Waals surface area (Å²) in [7, 11) is 0. The first kappa shape index (κ1) is 9.98. The molecule has 0 radical (unpaired) electrons. The molecule has 1 rings (SSSR count). The summed E-state index contributed by atoms with van der Waals surface area (Å²) in [6, 6.07) is -0.198. The molecule has 0 aliphatic carbocycles. The Labute approximate surface area is 81.4 Å². The first-order chi connectivity index (χ1) is 6.13. The van der Waals surface area contributed by atoms with Gasteiger partial charge in [-0.15, -0.1) is 11.3 Å². The molecule has 72 valence electrons. The lowest BCUT2D eigenvalue weighted by molar-refractivity contribution is 0.252. The van der Waals surface area contributed by atoms with Crippen LogP contribution in [0.1, 0.15) is 17.5 Å². The van der Waals surface area contributed by atoms with E-state index in [0.29, 0.717) is 11.7 Å². The number of thiazole rings is 1. The molecule has 0 spiro atoms. The second-order valence-electron chi connectivity index (χ2n) is 2.65. The molecule has 2 N–H and O–H groups in total. The lowest BCUT2D eigenvalue weighted by Gasteiger charge is -2.00. The van der Waals surface area contributed by atoms with E-state index in [1.165, 1.54) is 11.3 Å². The molecule has 1 aromatic rings. The highest BCUT2D eigenvalue weighted by molar-refractivity contribution is 7.15. The molecule has 0 fully saturated rings. The predicted octanol–water partition coefficient (Wildman–Crippen LogP) is 1.90. The fourth-order valence-corrected chi connectivity index (χ4v) is 1.64. The summed E-state index contributed by atoms with van der Waals surface area (Å²) in [5.74, 6) is 0. The van der Waals surface area contributed by atoms with Crippen LogP contribution in [0.15, 0.2) is 0 Å². The molecule has 0 aliphatic heterocycles. The minimum Gasteiger partial charge on any atom is -0.338 e. The van der Waals surface area contributed by atoms with Gasteiger partial charge in [-0.3, -0.25) is 5.32 Å². The standard InChI is InChI=1S/C8H13N3OS/c1-4-9-7(12)11-8-10-5(2)6(3)13-8/h4H2,1-3H3,(H2,9,10,11,12). The molecule has 0 saturated heterocycles. The fraction of sp³-hybridized carbons (Fsp3) is 0.500.